The van der Waals surface area contributed by atoms with Gasteiger partial charge >= 0.3 is 0 Å². The fourth-order valence-electron chi connectivity index (χ4n) is 5.69. The van der Waals surface area contributed by atoms with Crippen molar-refractivity contribution >= 4 is 73.9 Å². The van der Waals surface area contributed by atoms with E-state index in [2.05, 4.69) is 5.32 Å². The van der Waals surface area contributed by atoms with Crippen LogP contribution < -0.4 is 9.62 Å². The highest BCUT2D eigenvalue weighted by atomic mass is 35.5. The molecule has 4 aromatic carbocycles. The molecule has 0 heterocycles. The summed E-state index contributed by atoms with van der Waals surface area (Å²) in [6.07, 6.45) is 3.84. The zero-order valence-electron chi connectivity index (χ0n) is 25.3. The van der Waals surface area contributed by atoms with Gasteiger partial charge in [-0.1, -0.05) is 114 Å². The molecule has 0 aromatic heterocycles. The molecule has 1 aliphatic rings. The van der Waals surface area contributed by atoms with Crippen molar-refractivity contribution in [2.45, 2.75) is 55.6 Å². The number of hydrogen-bond donors (Lipinski definition) is 1. The zero-order valence-corrected chi connectivity index (χ0v) is 29.1. The summed E-state index contributed by atoms with van der Waals surface area (Å²) in [4.78, 5) is 30.1. The third-order valence-electron chi connectivity index (χ3n) is 8.15. The molecule has 1 aliphatic carbocycles. The van der Waals surface area contributed by atoms with Gasteiger partial charge in [-0.2, -0.15) is 0 Å². The van der Waals surface area contributed by atoms with Crippen molar-refractivity contribution in [1.82, 2.24) is 10.2 Å². The summed E-state index contributed by atoms with van der Waals surface area (Å²) in [5.74, 6) is -1.02. The molecule has 2 amide bonds. The van der Waals surface area contributed by atoms with Gasteiger partial charge in [0.2, 0.25) is 11.8 Å². The highest BCUT2D eigenvalue weighted by Gasteiger charge is 2.36. The molecule has 12 heteroatoms. The molecule has 47 heavy (non-hydrogen) atoms. The van der Waals surface area contributed by atoms with Crippen LogP contribution in [0.2, 0.25) is 20.1 Å². The van der Waals surface area contributed by atoms with Crippen LogP contribution in [0.25, 0.3) is 0 Å². The summed E-state index contributed by atoms with van der Waals surface area (Å²) < 4.78 is 29.3. The minimum absolute atomic E-state index is 0.0158. The Labute approximate surface area is 295 Å². The third kappa shape index (κ3) is 8.61. The lowest BCUT2D eigenvalue weighted by atomic mass is 10.0. The number of hydrogen-bond acceptors (Lipinski definition) is 4. The van der Waals surface area contributed by atoms with E-state index in [4.69, 9.17) is 46.4 Å². The molecular weight excluding hydrogens is 700 g/mol. The topological polar surface area (TPSA) is 86.8 Å². The summed E-state index contributed by atoms with van der Waals surface area (Å²) in [6, 6.07) is 25.3. The van der Waals surface area contributed by atoms with E-state index >= 15 is 0 Å². The maximum absolute atomic E-state index is 14.7. The van der Waals surface area contributed by atoms with Crippen LogP contribution in [0.5, 0.6) is 0 Å². The van der Waals surface area contributed by atoms with Crippen LogP contribution in [-0.4, -0.2) is 43.8 Å². The summed E-state index contributed by atoms with van der Waals surface area (Å²) in [5.41, 5.74) is 1.25. The fourth-order valence-corrected chi connectivity index (χ4v) is 8.08. The molecule has 4 aromatic rings. The van der Waals surface area contributed by atoms with Crippen LogP contribution >= 0.6 is 46.4 Å². The first-order valence-electron chi connectivity index (χ1n) is 15.1. The first-order chi connectivity index (χ1) is 22.5. The average molecular weight is 734 g/mol. The monoisotopic (exact) mass is 731 g/mol. The van der Waals surface area contributed by atoms with Crippen LogP contribution in [0.3, 0.4) is 0 Å². The standard InChI is InChI=1S/C35H33Cl4N3O4S/c36-25-18-19-31(39)32(21-25)42(47(45,46)27-14-5-2-6-15-27)23-34(43)41(22-28-29(37)16-9-17-30(28)38)33(20-24-10-3-1-4-11-24)35(44)40-26-12-7-8-13-26/h1-6,9-11,14-19,21,26,33H,7-8,12-13,20,22-23H2,(H,40,44)/t33-/m1/s1. The Hall–Kier alpha value is -3.27. The number of nitrogens with one attached hydrogen (secondary N) is 1. The Bertz CT molecular complexity index is 1800. The predicted octanol–water partition coefficient (Wildman–Crippen LogP) is 8.19. The largest absolute Gasteiger partial charge is 0.352 e. The lowest BCUT2D eigenvalue weighted by Gasteiger charge is -2.35. The highest BCUT2D eigenvalue weighted by molar-refractivity contribution is 7.92. The van der Waals surface area contributed by atoms with Gasteiger partial charge in [-0.3, -0.25) is 13.9 Å². The maximum atomic E-state index is 14.7. The Morgan fingerprint density at radius 2 is 1.40 bits per heavy atom. The second kappa shape index (κ2) is 15.8. The Kier molecular flexibility index (Phi) is 11.7. The number of benzene rings is 4. The molecule has 1 saturated carbocycles. The third-order valence-corrected chi connectivity index (χ3v) is 11.2. The van der Waals surface area contributed by atoms with Gasteiger partial charge in [-0.15, -0.1) is 0 Å². The van der Waals surface area contributed by atoms with Gasteiger partial charge in [-0.05, 0) is 60.9 Å². The van der Waals surface area contributed by atoms with Gasteiger partial charge in [0, 0.05) is 39.6 Å². The van der Waals surface area contributed by atoms with E-state index in [0.29, 0.717) is 15.6 Å². The molecule has 7 nitrogen and oxygen atoms in total. The van der Waals surface area contributed by atoms with Crippen LogP contribution in [-0.2, 0) is 32.6 Å². The van der Waals surface area contributed by atoms with Crippen LogP contribution in [0.1, 0.15) is 36.8 Å². The summed E-state index contributed by atoms with van der Waals surface area (Å²) in [6.45, 7) is -0.850. The van der Waals surface area contributed by atoms with Crippen molar-refractivity contribution in [2.75, 3.05) is 10.8 Å². The van der Waals surface area contributed by atoms with Gasteiger partial charge in [0.05, 0.1) is 15.6 Å². The first kappa shape index (κ1) is 35.0. The number of halogens is 4. The second-order valence-electron chi connectivity index (χ2n) is 11.3. The number of carbonyl (C=O) groups is 2. The van der Waals surface area contributed by atoms with Crippen LogP contribution in [0.4, 0.5) is 5.69 Å². The van der Waals surface area contributed by atoms with E-state index in [1.807, 2.05) is 30.3 Å². The van der Waals surface area contributed by atoms with Crippen LogP contribution in [0, 0.1) is 0 Å². The van der Waals surface area contributed by atoms with Crippen molar-refractivity contribution < 1.29 is 18.0 Å². The van der Waals surface area contributed by atoms with Crippen LogP contribution in [0.15, 0.2) is 102 Å². The molecule has 1 fully saturated rings. The molecule has 5 rings (SSSR count). The van der Waals surface area contributed by atoms with Crippen molar-refractivity contribution in [3.63, 3.8) is 0 Å². The molecule has 0 bridgehead atoms. The molecule has 0 aliphatic heterocycles. The Morgan fingerprint density at radius 1 is 0.787 bits per heavy atom. The summed E-state index contributed by atoms with van der Waals surface area (Å²) in [5, 5.41) is 4.04. The molecule has 0 spiro atoms. The second-order valence-corrected chi connectivity index (χ2v) is 14.9. The van der Waals surface area contributed by atoms with Crippen molar-refractivity contribution in [1.29, 1.82) is 0 Å². The van der Waals surface area contributed by atoms with Gasteiger partial charge in [0.1, 0.15) is 12.6 Å². The average Bonchev–Trinajstić information content (AvgIpc) is 3.57. The Morgan fingerprint density at radius 3 is 2.04 bits per heavy atom. The van der Waals surface area contributed by atoms with E-state index in [1.54, 1.807) is 36.4 Å². The number of sulfonamides is 1. The van der Waals surface area contributed by atoms with Crippen molar-refractivity contribution in [3.05, 3.63) is 128 Å². The van der Waals surface area contributed by atoms with Gasteiger partial charge in [0.15, 0.2) is 0 Å². The molecular formula is C35H33Cl4N3O4S. The Balaban J connectivity index is 1.61. The normalized spacial score (nSPS) is 14.0. The molecule has 1 atom stereocenters. The van der Waals surface area contributed by atoms with Gasteiger partial charge in [-0.25, -0.2) is 8.42 Å². The van der Waals surface area contributed by atoms with E-state index in [9.17, 15) is 18.0 Å². The van der Waals surface area contributed by atoms with E-state index in [-0.39, 0.29) is 45.5 Å². The smallest absolute Gasteiger partial charge is 0.264 e. The molecule has 246 valence electrons. The van der Waals surface area contributed by atoms with E-state index in [0.717, 1.165) is 35.6 Å². The van der Waals surface area contributed by atoms with E-state index in [1.165, 1.54) is 35.2 Å². The maximum Gasteiger partial charge on any atom is 0.264 e. The zero-order chi connectivity index (χ0) is 33.6. The van der Waals surface area contributed by atoms with Crippen molar-refractivity contribution in [3.8, 4) is 0 Å². The van der Waals surface area contributed by atoms with Gasteiger partial charge < -0.3 is 10.2 Å². The molecule has 0 unspecified atom stereocenters. The quantitative estimate of drug-likeness (QED) is 0.159. The number of nitrogens with zero attached hydrogens (tertiary/aromatic N) is 2. The van der Waals surface area contributed by atoms with Gasteiger partial charge in [0.25, 0.3) is 10.0 Å². The SMILES string of the molecule is O=C(NC1CCCC1)[C@@H](Cc1ccccc1)N(Cc1c(Cl)cccc1Cl)C(=O)CN(c1cc(Cl)ccc1Cl)S(=O)(=O)c1ccccc1. The number of rotatable bonds is 12. The number of anilines is 1. The van der Waals surface area contributed by atoms with Crippen molar-refractivity contribution in [2.24, 2.45) is 0 Å². The molecule has 0 radical (unpaired) electrons. The lowest BCUT2D eigenvalue weighted by molar-refractivity contribution is -0.140. The summed E-state index contributed by atoms with van der Waals surface area (Å²) in [7, 11) is -4.34. The fraction of sp³-hybridized carbons (Fsp3) is 0.257. The number of carbonyl (C=O) groups excluding carboxylic acids is 2. The highest BCUT2D eigenvalue weighted by Crippen LogP contribution is 2.34. The number of amides is 2. The molecule has 1 N–H and O–H groups in total. The molecule has 0 saturated heterocycles. The minimum Gasteiger partial charge on any atom is -0.352 e. The first-order valence-corrected chi connectivity index (χ1v) is 18.1. The predicted molar refractivity (Wildman–Crippen MR) is 189 cm³/mol. The lowest BCUT2D eigenvalue weighted by Crippen LogP contribution is -2.54. The van der Waals surface area contributed by atoms with E-state index < -0.39 is 28.5 Å². The minimum atomic E-state index is -4.34. The summed E-state index contributed by atoms with van der Waals surface area (Å²) >= 11 is 26.0.